The summed E-state index contributed by atoms with van der Waals surface area (Å²) in [6.45, 7) is 5.20. The van der Waals surface area contributed by atoms with Gasteiger partial charge >= 0.3 is 0 Å². The molecule has 1 fully saturated rings. The second-order valence-corrected chi connectivity index (χ2v) is 4.68. The number of hydrogen-bond acceptors (Lipinski definition) is 2. The van der Waals surface area contributed by atoms with Crippen LogP contribution >= 0.6 is 0 Å². The van der Waals surface area contributed by atoms with Crippen LogP contribution in [0.15, 0.2) is 30.3 Å². The second kappa shape index (κ2) is 7.64. The summed E-state index contributed by atoms with van der Waals surface area (Å²) in [5, 5.41) is 0. The van der Waals surface area contributed by atoms with E-state index in [9.17, 15) is 9.59 Å². The van der Waals surface area contributed by atoms with Crippen molar-refractivity contribution in [2.45, 2.75) is 26.7 Å². The minimum atomic E-state index is 0.200. The van der Waals surface area contributed by atoms with E-state index in [2.05, 4.69) is 19.1 Å². The number of benzene rings is 1. The molecule has 1 aromatic rings. The monoisotopic (exact) mass is 247 g/mol. The molecule has 0 aliphatic carbocycles. The molecule has 1 heterocycles. The van der Waals surface area contributed by atoms with Gasteiger partial charge in [0.15, 0.2) is 0 Å². The predicted molar refractivity (Wildman–Crippen MR) is 72.2 cm³/mol. The summed E-state index contributed by atoms with van der Waals surface area (Å²) in [5.74, 6) is 0.460. The Bertz CT molecular complexity index is 367. The van der Waals surface area contributed by atoms with Crippen LogP contribution in [0.3, 0.4) is 0 Å². The lowest BCUT2D eigenvalue weighted by Gasteiger charge is -2.27. The number of Topliss-reactive ketones (excluding diaryl/α,β-unsaturated/α-hetero) is 1. The van der Waals surface area contributed by atoms with Gasteiger partial charge in [0.25, 0.3) is 0 Å². The van der Waals surface area contributed by atoms with Crippen molar-refractivity contribution >= 4 is 12.2 Å². The molecule has 1 saturated heterocycles. The van der Waals surface area contributed by atoms with E-state index in [0.717, 1.165) is 32.3 Å². The number of piperidine rings is 1. The number of carbonyl (C=O) groups is 2. The topological polar surface area (TPSA) is 37.4 Å². The van der Waals surface area contributed by atoms with Gasteiger partial charge < -0.3 is 4.90 Å². The van der Waals surface area contributed by atoms with Crippen LogP contribution in [0.4, 0.5) is 0 Å². The zero-order valence-corrected chi connectivity index (χ0v) is 11.1. The third-order valence-electron chi connectivity index (χ3n) is 3.19. The molecule has 0 atom stereocenters. The van der Waals surface area contributed by atoms with Gasteiger partial charge in [0.05, 0.1) is 0 Å². The summed E-state index contributed by atoms with van der Waals surface area (Å²) in [6, 6.07) is 10.3. The molecular formula is C15H21NO2. The molecular weight excluding hydrogens is 226 g/mol. The van der Waals surface area contributed by atoms with Crippen molar-refractivity contribution < 1.29 is 9.59 Å². The Morgan fingerprint density at radius 3 is 2.11 bits per heavy atom. The molecule has 1 aliphatic rings. The first-order valence-electron chi connectivity index (χ1n) is 6.35. The van der Waals surface area contributed by atoms with Crippen LogP contribution in [0.5, 0.6) is 0 Å². The van der Waals surface area contributed by atoms with Crippen LogP contribution in [0.2, 0.25) is 0 Å². The van der Waals surface area contributed by atoms with Gasteiger partial charge in [0, 0.05) is 19.0 Å². The zero-order chi connectivity index (χ0) is 13.4. The molecule has 2 rings (SSSR count). The minimum Gasteiger partial charge on any atom is -0.345 e. The first-order chi connectivity index (χ1) is 8.63. The van der Waals surface area contributed by atoms with E-state index in [1.54, 1.807) is 11.8 Å². The minimum absolute atomic E-state index is 0.200. The van der Waals surface area contributed by atoms with Crippen molar-refractivity contribution in [1.82, 2.24) is 4.90 Å². The largest absolute Gasteiger partial charge is 0.345 e. The summed E-state index contributed by atoms with van der Waals surface area (Å²) in [6.07, 6.45) is 2.54. The number of rotatable bonds is 2. The Morgan fingerprint density at radius 2 is 1.78 bits per heavy atom. The highest BCUT2D eigenvalue weighted by Crippen LogP contribution is 2.16. The molecule has 1 aliphatic heterocycles. The van der Waals surface area contributed by atoms with Crippen LogP contribution in [0.1, 0.15) is 25.3 Å². The molecule has 0 spiro atoms. The number of aryl methyl sites for hydroxylation is 1. The number of nitrogens with zero attached hydrogens (tertiary/aromatic N) is 1. The highest BCUT2D eigenvalue weighted by molar-refractivity contribution is 5.78. The Labute approximate surface area is 109 Å². The van der Waals surface area contributed by atoms with Crippen molar-refractivity contribution in [3.63, 3.8) is 0 Å². The number of carbonyl (C=O) groups excluding carboxylic acids is 2. The Hall–Kier alpha value is -1.64. The predicted octanol–water partition coefficient (Wildman–Crippen LogP) is 2.44. The molecule has 1 aromatic carbocycles. The third-order valence-corrected chi connectivity index (χ3v) is 3.19. The highest BCUT2D eigenvalue weighted by atomic mass is 16.1. The maximum atomic E-state index is 10.9. The standard InChI is InChI=1S/C8H13NO2.C7H8/c1-7(11)8-2-4-9(6-10)5-3-8;1-7-5-3-2-4-6-7/h6,8H,2-5H2,1H3;2-6H,1H3. The molecule has 98 valence electrons. The second-order valence-electron chi connectivity index (χ2n) is 4.68. The van der Waals surface area contributed by atoms with Crippen LogP contribution in [0, 0.1) is 12.8 Å². The zero-order valence-electron chi connectivity index (χ0n) is 11.1. The normalized spacial score (nSPS) is 15.6. The smallest absolute Gasteiger partial charge is 0.209 e. The summed E-state index contributed by atoms with van der Waals surface area (Å²) in [7, 11) is 0. The molecule has 1 amide bonds. The lowest BCUT2D eigenvalue weighted by molar-refractivity contribution is -0.125. The molecule has 18 heavy (non-hydrogen) atoms. The Balaban J connectivity index is 0.000000199. The molecule has 0 aromatic heterocycles. The molecule has 3 nitrogen and oxygen atoms in total. The van der Waals surface area contributed by atoms with Crippen molar-refractivity contribution in [2.75, 3.05) is 13.1 Å². The summed E-state index contributed by atoms with van der Waals surface area (Å²) >= 11 is 0. The van der Waals surface area contributed by atoms with Gasteiger partial charge in [-0.25, -0.2) is 0 Å². The van der Waals surface area contributed by atoms with Crippen LogP contribution in [0.25, 0.3) is 0 Å². The maximum absolute atomic E-state index is 10.9. The van der Waals surface area contributed by atoms with Gasteiger partial charge in [0.2, 0.25) is 6.41 Å². The first kappa shape index (κ1) is 14.4. The number of likely N-dealkylation sites (tertiary alicyclic amines) is 1. The number of amides is 1. The van der Waals surface area contributed by atoms with E-state index in [1.807, 2.05) is 18.2 Å². The molecule has 0 radical (unpaired) electrons. The molecule has 0 N–H and O–H groups in total. The SMILES string of the molecule is CC(=O)C1CCN(C=O)CC1.Cc1ccccc1. The quantitative estimate of drug-likeness (QED) is 0.753. The van der Waals surface area contributed by atoms with Gasteiger partial charge in [-0.15, -0.1) is 0 Å². The third kappa shape index (κ3) is 5.13. The molecule has 0 bridgehead atoms. The van der Waals surface area contributed by atoms with E-state index in [1.165, 1.54) is 5.56 Å². The average Bonchev–Trinajstić information content (AvgIpc) is 2.40. The maximum Gasteiger partial charge on any atom is 0.209 e. The lowest BCUT2D eigenvalue weighted by Crippen LogP contribution is -2.34. The van der Waals surface area contributed by atoms with Gasteiger partial charge in [0.1, 0.15) is 5.78 Å². The van der Waals surface area contributed by atoms with Crippen molar-refractivity contribution in [3.8, 4) is 0 Å². The average molecular weight is 247 g/mol. The van der Waals surface area contributed by atoms with Crippen molar-refractivity contribution in [3.05, 3.63) is 35.9 Å². The van der Waals surface area contributed by atoms with E-state index in [4.69, 9.17) is 0 Å². The molecule has 0 saturated carbocycles. The number of ketones is 1. The highest BCUT2D eigenvalue weighted by Gasteiger charge is 2.20. The van der Waals surface area contributed by atoms with E-state index >= 15 is 0 Å². The van der Waals surface area contributed by atoms with Crippen LogP contribution in [-0.4, -0.2) is 30.2 Å². The molecule has 3 heteroatoms. The van der Waals surface area contributed by atoms with Crippen LogP contribution in [-0.2, 0) is 9.59 Å². The van der Waals surface area contributed by atoms with E-state index in [-0.39, 0.29) is 11.7 Å². The van der Waals surface area contributed by atoms with Gasteiger partial charge in [-0.05, 0) is 26.7 Å². The van der Waals surface area contributed by atoms with Gasteiger partial charge in [-0.1, -0.05) is 35.9 Å². The Kier molecular flexibility index (Phi) is 6.12. The summed E-state index contributed by atoms with van der Waals surface area (Å²) in [5.41, 5.74) is 1.32. The fraction of sp³-hybridized carbons (Fsp3) is 0.467. The van der Waals surface area contributed by atoms with Crippen molar-refractivity contribution in [1.29, 1.82) is 0 Å². The van der Waals surface area contributed by atoms with E-state index in [0.29, 0.717) is 0 Å². The Morgan fingerprint density at radius 1 is 1.22 bits per heavy atom. The molecule has 0 unspecified atom stereocenters. The van der Waals surface area contributed by atoms with Crippen LogP contribution < -0.4 is 0 Å². The summed E-state index contributed by atoms with van der Waals surface area (Å²) < 4.78 is 0. The van der Waals surface area contributed by atoms with Gasteiger partial charge in [-0.2, -0.15) is 0 Å². The first-order valence-corrected chi connectivity index (χ1v) is 6.35. The van der Waals surface area contributed by atoms with E-state index < -0.39 is 0 Å². The van der Waals surface area contributed by atoms with Gasteiger partial charge in [-0.3, -0.25) is 9.59 Å². The fourth-order valence-corrected chi connectivity index (χ4v) is 1.95. The fourth-order valence-electron chi connectivity index (χ4n) is 1.95. The van der Waals surface area contributed by atoms with Crippen molar-refractivity contribution in [2.24, 2.45) is 5.92 Å². The number of hydrogen-bond donors (Lipinski definition) is 0. The lowest BCUT2D eigenvalue weighted by atomic mass is 9.94. The summed E-state index contributed by atoms with van der Waals surface area (Å²) in [4.78, 5) is 22.9.